The van der Waals surface area contributed by atoms with E-state index in [0.717, 1.165) is 0 Å². The Morgan fingerprint density at radius 2 is 2.00 bits per heavy atom. The number of esters is 1. The Labute approximate surface area is 152 Å². The van der Waals surface area contributed by atoms with Crippen LogP contribution in [0.2, 0.25) is 10.0 Å². The van der Waals surface area contributed by atoms with Crippen LogP contribution in [0.4, 0.5) is 5.69 Å². The molecule has 0 N–H and O–H groups in total. The first-order valence-electron chi connectivity index (χ1n) is 7.20. The fraction of sp³-hybridized carbons (Fsp3) is 0.118. The Kier molecular flexibility index (Phi) is 4.65. The summed E-state index contributed by atoms with van der Waals surface area (Å²) in [7, 11) is 1.27. The second-order valence-electron chi connectivity index (χ2n) is 5.28. The van der Waals surface area contributed by atoms with Crippen molar-refractivity contribution >= 4 is 45.8 Å². The molecule has 0 radical (unpaired) electrons. The zero-order valence-electron chi connectivity index (χ0n) is 13.0. The van der Waals surface area contributed by atoms with Gasteiger partial charge in [0.1, 0.15) is 0 Å². The second-order valence-corrected chi connectivity index (χ2v) is 6.13. The standard InChI is InChI=1S/C17H12Cl2N2O4/c1-25-17(22)16(11-6-5-10(18)9-13(11)19)20-8-7-12-14(20)3-2-4-15(12)21(23)24/h2-9,16H,1H3. The van der Waals surface area contributed by atoms with Crippen molar-refractivity contribution in [3.8, 4) is 0 Å². The molecule has 0 amide bonds. The highest BCUT2D eigenvalue weighted by atomic mass is 35.5. The summed E-state index contributed by atoms with van der Waals surface area (Å²) in [4.78, 5) is 23.2. The number of fused-ring (bicyclic) bond motifs is 1. The molecule has 0 fully saturated rings. The molecule has 0 bridgehead atoms. The van der Waals surface area contributed by atoms with Crippen LogP contribution in [0.15, 0.2) is 48.7 Å². The van der Waals surface area contributed by atoms with E-state index < -0.39 is 16.9 Å². The van der Waals surface area contributed by atoms with Crippen molar-refractivity contribution in [2.24, 2.45) is 0 Å². The summed E-state index contributed by atoms with van der Waals surface area (Å²) in [6.07, 6.45) is 1.60. The number of hydrogen-bond donors (Lipinski definition) is 0. The SMILES string of the molecule is COC(=O)C(c1ccc(Cl)cc1Cl)n1ccc2c([N+](=O)[O-])cccc21. The van der Waals surface area contributed by atoms with Gasteiger partial charge in [0.15, 0.2) is 6.04 Å². The lowest BCUT2D eigenvalue weighted by Crippen LogP contribution is -2.22. The number of nitro benzene ring substituents is 1. The first-order valence-corrected chi connectivity index (χ1v) is 7.96. The third kappa shape index (κ3) is 3.06. The molecule has 3 rings (SSSR count). The Balaban J connectivity index is 2.25. The number of methoxy groups -OCH3 is 1. The van der Waals surface area contributed by atoms with E-state index in [-0.39, 0.29) is 5.69 Å². The highest BCUT2D eigenvalue weighted by Gasteiger charge is 2.28. The lowest BCUT2D eigenvalue weighted by atomic mass is 10.1. The number of carbonyl (C=O) groups is 1. The van der Waals surface area contributed by atoms with E-state index in [4.69, 9.17) is 27.9 Å². The molecule has 25 heavy (non-hydrogen) atoms. The zero-order valence-corrected chi connectivity index (χ0v) is 14.5. The molecule has 1 heterocycles. The molecule has 3 aromatic rings. The molecule has 1 unspecified atom stereocenters. The maximum Gasteiger partial charge on any atom is 0.333 e. The third-order valence-electron chi connectivity index (χ3n) is 3.90. The maximum atomic E-state index is 12.4. The van der Waals surface area contributed by atoms with E-state index in [2.05, 4.69) is 0 Å². The van der Waals surface area contributed by atoms with Crippen LogP contribution in [-0.4, -0.2) is 22.6 Å². The van der Waals surface area contributed by atoms with E-state index >= 15 is 0 Å². The molecule has 0 saturated heterocycles. The third-order valence-corrected chi connectivity index (χ3v) is 4.46. The summed E-state index contributed by atoms with van der Waals surface area (Å²) in [5.74, 6) is -0.548. The van der Waals surface area contributed by atoms with E-state index in [1.54, 1.807) is 41.1 Å². The minimum absolute atomic E-state index is 0.0398. The largest absolute Gasteiger partial charge is 0.467 e. The van der Waals surface area contributed by atoms with E-state index in [0.29, 0.717) is 26.5 Å². The van der Waals surface area contributed by atoms with Crippen molar-refractivity contribution < 1.29 is 14.5 Å². The highest BCUT2D eigenvalue weighted by Crippen LogP contribution is 2.34. The van der Waals surface area contributed by atoms with Gasteiger partial charge in [0.25, 0.3) is 5.69 Å². The molecule has 0 aliphatic carbocycles. The van der Waals surface area contributed by atoms with Crippen LogP contribution in [0.5, 0.6) is 0 Å². The maximum absolute atomic E-state index is 12.4. The molecule has 0 spiro atoms. The highest BCUT2D eigenvalue weighted by molar-refractivity contribution is 6.35. The van der Waals surface area contributed by atoms with Crippen LogP contribution in [0.3, 0.4) is 0 Å². The molecule has 1 aromatic heterocycles. The summed E-state index contributed by atoms with van der Waals surface area (Å²) in [6, 6.07) is 10.2. The van der Waals surface area contributed by atoms with Crippen molar-refractivity contribution in [1.29, 1.82) is 0 Å². The molecule has 0 saturated carbocycles. The average Bonchev–Trinajstić information content (AvgIpc) is 3.00. The second kappa shape index (κ2) is 6.74. The molecule has 2 aromatic carbocycles. The minimum atomic E-state index is -0.894. The van der Waals surface area contributed by atoms with Crippen molar-refractivity contribution in [3.05, 3.63) is 74.4 Å². The number of benzene rings is 2. The Morgan fingerprint density at radius 3 is 2.64 bits per heavy atom. The van der Waals surface area contributed by atoms with Gasteiger partial charge in [-0.25, -0.2) is 4.79 Å². The quantitative estimate of drug-likeness (QED) is 0.377. The smallest absolute Gasteiger partial charge is 0.333 e. The van der Waals surface area contributed by atoms with E-state index in [9.17, 15) is 14.9 Å². The normalized spacial score (nSPS) is 12.1. The van der Waals surface area contributed by atoms with Crippen molar-refractivity contribution in [2.45, 2.75) is 6.04 Å². The predicted molar refractivity (Wildman–Crippen MR) is 95.2 cm³/mol. The number of non-ortho nitro benzene ring substituents is 1. The summed E-state index contributed by atoms with van der Waals surface area (Å²) in [5.41, 5.74) is 0.972. The van der Waals surface area contributed by atoms with Crippen molar-refractivity contribution in [3.63, 3.8) is 0 Å². The topological polar surface area (TPSA) is 74.4 Å². The van der Waals surface area contributed by atoms with Crippen LogP contribution in [-0.2, 0) is 9.53 Å². The van der Waals surface area contributed by atoms with Gasteiger partial charge in [0.05, 0.1) is 22.9 Å². The molecule has 128 valence electrons. The van der Waals surface area contributed by atoms with Gasteiger partial charge in [-0.15, -0.1) is 0 Å². The van der Waals surface area contributed by atoms with Crippen molar-refractivity contribution in [2.75, 3.05) is 7.11 Å². The fourth-order valence-corrected chi connectivity index (χ4v) is 3.29. The van der Waals surface area contributed by atoms with Gasteiger partial charge in [-0.05, 0) is 24.3 Å². The first-order chi connectivity index (χ1) is 11.9. The molecule has 0 aliphatic heterocycles. The Bertz CT molecular complexity index is 984. The van der Waals surface area contributed by atoms with Gasteiger partial charge in [-0.1, -0.05) is 35.3 Å². The summed E-state index contributed by atoms with van der Waals surface area (Å²) >= 11 is 12.2. The number of halogens is 2. The number of nitro groups is 1. The van der Waals surface area contributed by atoms with Gasteiger partial charge in [0, 0.05) is 27.9 Å². The van der Waals surface area contributed by atoms with Crippen LogP contribution in [0, 0.1) is 10.1 Å². The zero-order chi connectivity index (χ0) is 18.1. The number of nitrogens with zero attached hydrogens (tertiary/aromatic N) is 2. The summed E-state index contributed by atoms with van der Waals surface area (Å²) < 4.78 is 6.52. The Morgan fingerprint density at radius 1 is 1.24 bits per heavy atom. The summed E-state index contributed by atoms with van der Waals surface area (Å²) in [5, 5.41) is 12.4. The number of aromatic nitrogens is 1. The van der Waals surface area contributed by atoms with E-state index in [1.165, 1.54) is 19.2 Å². The van der Waals surface area contributed by atoms with E-state index in [1.807, 2.05) is 0 Å². The number of ether oxygens (including phenoxy) is 1. The van der Waals surface area contributed by atoms with Gasteiger partial charge >= 0.3 is 5.97 Å². The summed E-state index contributed by atoms with van der Waals surface area (Å²) in [6.45, 7) is 0. The van der Waals surface area contributed by atoms with Crippen molar-refractivity contribution in [1.82, 2.24) is 4.57 Å². The van der Waals surface area contributed by atoms with Crippen LogP contribution in [0.1, 0.15) is 11.6 Å². The molecule has 8 heteroatoms. The van der Waals surface area contributed by atoms with Crippen LogP contribution < -0.4 is 0 Å². The van der Waals surface area contributed by atoms with Gasteiger partial charge < -0.3 is 9.30 Å². The molecular formula is C17H12Cl2N2O4. The van der Waals surface area contributed by atoms with Crippen LogP contribution >= 0.6 is 23.2 Å². The monoisotopic (exact) mass is 378 g/mol. The first kappa shape index (κ1) is 17.3. The van der Waals surface area contributed by atoms with Gasteiger partial charge in [0.2, 0.25) is 0 Å². The molecule has 1 atom stereocenters. The minimum Gasteiger partial charge on any atom is -0.467 e. The molecular weight excluding hydrogens is 367 g/mol. The average molecular weight is 379 g/mol. The van der Waals surface area contributed by atoms with Gasteiger partial charge in [-0.2, -0.15) is 0 Å². The number of hydrogen-bond acceptors (Lipinski definition) is 4. The number of rotatable bonds is 4. The predicted octanol–water partition coefficient (Wildman–Crippen LogP) is 4.62. The molecule has 0 aliphatic rings. The number of carbonyl (C=O) groups excluding carboxylic acids is 1. The molecule has 6 nitrogen and oxygen atoms in total. The fourth-order valence-electron chi connectivity index (χ4n) is 2.78. The lowest BCUT2D eigenvalue weighted by Gasteiger charge is -2.19. The van der Waals surface area contributed by atoms with Crippen LogP contribution in [0.25, 0.3) is 10.9 Å². The van der Waals surface area contributed by atoms with Gasteiger partial charge in [-0.3, -0.25) is 10.1 Å². The Hall–Kier alpha value is -2.57. The lowest BCUT2D eigenvalue weighted by molar-refractivity contribution is -0.383.